The highest BCUT2D eigenvalue weighted by molar-refractivity contribution is 9.10. The topological polar surface area (TPSA) is 75.3 Å². The zero-order valence-electron chi connectivity index (χ0n) is 14.7. The second-order valence-electron chi connectivity index (χ2n) is 6.05. The van der Waals surface area contributed by atoms with Crippen molar-refractivity contribution in [3.05, 3.63) is 87.4 Å². The van der Waals surface area contributed by atoms with Gasteiger partial charge < -0.3 is 5.32 Å². The molecule has 3 aromatic rings. The lowest BCUT2D eigenvalue weighted by Crippen LogP contribution is -2.15. The molecular weight excluding hydrogens is 464 g/mol. The first-order valence-corrected chi connectivity index (χ1v) is 10.9. The number of amides is 1. The summed E-state index contributed by atoms with van der Waals surface area (Å²) in [5, 5.41) is 3.32. The number of rotatable bonds is 5. The molecule has 0 spiro atoms. The molecule has 1 amide bonds. The van der Waals surface area contributed by atoms with Crippen LogP contribution in [-0.4, -0.2) is 14.3 Å². The summed E-state index contributed by atoms with van der Waals surface area (Å²) in [4.78, 5) is 12.4. The molecule has 0 aliphatic heterocycles. The number of halogens is 2. The van der Waals surface area contributed by atoms with Crippen molar-refractivity contribution in [3.63, 3.8) is 0 Å². The van der Waals surface area contributed by atoms with Crippen LogP contribution in [0.5, 0.6) is 0 Å². The third kappa shape index (κ3) is 4.92. The summed E-state index contributed by atoms with van der Waals surface area (Å²) in [5.41, 5.74) is 2.07. The first-order valence-electron chi connectivity index (χ1n) is 8.20. The van der Waals surface area contributed by atoms with Crippen LogP contribution >= 0.6 is 27.5 Å². The third-order valence-electron chi connectivity index (χ3n) is 3.96. The Kier molecular flexibility index (Phi) is 6.07. The predicted octanol–water partition coefficient (Wildman–Crippen LogP) is 5.46. The van der Waals surface area contributed by atoms with Crippen molar-refractivity contribution in [2.45, 2.75) is 11.8 Å². The van der Waals surface area contributed by atoms with E-state index < -0.39 is 10.0 Å². The molecular formula is C20H16BrClN2O3S. The average Bonchev–Trinajstić information content (AvgIpc) is 2.65. The monoisotopic (exact) mass is 478 g/mol. The summed E-state index contributed by atoms with van der Waals surface area (Å²) in [5.74, 6) is -0.302. The van der Waals surface area contributed by atoms with E-state index in [4.69, 9.17) is 11.6 Å². The van der Waals surface area contributed by atoms with Crippen LogP contribution in [0.2, 0.25) is 5.02 Å². The van der Waals surface area contributed by atoms with E-state index in [-0.39, 0.29) is 10.8 Å². The van der Waals surface area contributed by atoms with Gasteiger partial charge in [-0.3, -0.25) is 9.52 Å². The van der Waals surface area contributed by atoms with Crippen LogP contribution in [0, 0.1) is 6.92 Å². The molecule has 28 heavy (non-hydrogen) atoms. The minimum absolute atomic E-state index is 0.109. The van der Waals surface area contributed by atoms with Gasteiger partial charge in [0.1, 0.15) is 0 Å². The van der Waals surface area contributed by atoms with Crippen LogP contribution in [0.1, 0.15) is 15.9 Å². The van der Waals surface area contributed by atoms with Gasteiger partial charge in [-0.05, 0) is 79.2 Å². The maximum Gasteiger partial charge on any atom is 0.261 e. The molecule has 0 aliphatic carbocycles. The Morgan fingerprint density at radius 3 is 2.21 bits per heavy atom. The fourth-order valence-corrected chi connectivity index (χ4v) is 4.00. The molecule has 3 rings (SSSR count). The summed E-state index contributed by atoms with van der Waals surface area (Å²) < 4.78 is 28.6. The van der Waals surface area contributed by atoms with Gasteiger partial charge in [0.2, 0.25) is 0 Å². The molecule has 0 bridgehead atoms. The van der Waals surface area contributed by atoms with Crippen LogP contribution in [0.25, 0.3) is 0 Å². The SMILES string of the molecule is Cc1cc(S(=O)(=O)Nc2ccc(Br)cc2)ccc1NC(=O)c1ccc(Cl)cc1. The van der Waals surface area contributed by atoms with Gasteiger partial charge in [-0.2, -0.15) is 0 Å². The molecule has 0 aliphatic rings. The molecule has 3 aromatic carbocycles. The van der Waals surface area contributed by atoms with Crippen molar-refractivity contribution >= 4 is 54.8 Å². The van der Waals surface area contributed by atoms with Gasteiger partial charge in [0, 0.05) is 26.4 Å². The lowest BCUT2D eigenvalue weighted by Gasteiger charge is -2.12. The lowest BCUT2D eigenvalue weighted by atomic mass is 10.1. The van der Waals surface area contributed by atoms with Gasteiger partial charge >= 0.3 is 0 Å². The number of sulfonamides is 1. The maximum atomic E-state index is 12.6. The standard InChI is InChI=1S/C20H16BrClN2O3S/c1-13-12-18(28(26,27)24-17-8-4-15(21)5-9-17)10-11-19(13)23-20(25)14-2-6-16(22)7-3-14/h2-12,24H,1H3,(H,23,25). The van der Waals surface area contributed by atoms with Gasteiger partial charge in [0.05, 0.1) is 4.90 Å². The quantitative estimate of drug-likeness (QED) is 0.510. The Bertz CT molecular complexity index is 1120. The van der Waals surface area contributed by atoms with E-state index in [0.717, 1.165) is 4.47 Å². The molecule has 5 nitrogen and oxygen atoms in total. The number of carbonyl (C=O) groups is 1. The van der Waals surface area contributed by atoms with Crippen molar-refractivity contribution in [1.82, 2.24) is 0 Å². The van der Waals surface area contributed by atoms with Gasteiger partial charge in [0.15, 0.2) is 0 Å². The average molecular weight is 480 g/mol. The number of aryl methyl sites for hydroxylation is 1. The van der Waals surface area contributed by atoms with Gasteiger partial charge in [-0.15, -0.1) is 0 Å². The molecule has 0 aromatic heterocycles. The predicted molar refractivity (Wildman–Crippen MR) is 116 cm³/mol. The first-order chi connectivity index (χ1) is 13.2. The van der Waals surface area contributed by atoms with E-state index in [1.54, 1.807) is 61.5 Å². The molecule has 8 heteroatoms. The van der Waals surface area contributed by atoms with Gasteiger partial charge in [-0.1, -0.05) is 27.5 Å². The Labute approximate surface area is 176 Å². The number of hydrogen-bond acceptors (Lipinski definition) is 3. The van der Waals surface area contributed by atoms with Gasteiger partial charge in [0.25, 0.3) is 15.9 Å². The Hall–Kier alpha value is -2.35. The highest BCUT2D eigenvalue weighted by Crippen LogP contribution is 2.23. The van der Waals surface area contributed by atoms with E-state index in [1.807, 2.05) is 0 Å². The van der Waals surface area contributed by atoms with Gasteiger partial charge in [-0.25, -0.2) is 8.42 Å². The van der Waals surface area contributed by atoms with E-state index in [2.05, 4.69) is 26.0 Å². The van der Waals surface area contributed by atoms with Crippen LogP contribution in [0.4, 0.5) is 11.4 Å². The van der Waals surface area contributed by atoms with Crippen molar-refractivity contribution in [1.29, 1.82) is 0 Å². The van der Waals surface area contributed by atoms with E-state index in [1.165, 1.54) is 12.1 Å². The summed E-state index contributed by atoms with van der Waals surface area (Å²) in [7, 11) is -3.74. The number of carbonyl (C=O) groups excluding carboxylic acids is 1. The largest absolute Gasteiger partial charge is 0.322 e. The fourth-order valence-electron chi connectivity index (χ4n) is 2.47. The highest BCUT2D eigenvalue weighted by atomic mass is 79.9. The maximum absolute atomic E-state index is 12.6. The van der Waals surface area contributed by atoms with Crippen molar-refractivity contribution in [3.8, 4) is 0 Å². The first kappa shape index (κ1) is 20.4. The second kappa shape index (κ2) is 8.34. The molecule has 0 radical (unpaired) electrons. The summed E-state index contributed by atoms with van der Waals surface area (Å²) in [6, 6.07) is 17.9. The Balaban J connectivity index is 1.78. The number of anilines is 2. The minimum Gasteiger partial charge on any atom is -0.322 e. The zero-order chi connectivity index (χ0) is 20.3. The normalized spacial score (nSPS) is 11.1. The number of benzene rings is 3. The number of nitrogens with one attached hydrogen (secondary N) is 2. The third-order valence-corrected chi connectivity index (χ3v) is 6.12. The van der Waals surface area contributed by atoms with E-state index >= 15 is 0 Å². The van der Waals surface area contributed by atoms with Crippen LogP contribution in [0.3, 0.4) is 0 Å². The zero-order valence-corrected chi connectivity index (χ0v) is 17.9. The summed E-state index contributed by atoms with van der Waals surface area (Å²) >= 11 is 9.14. The van der Waals surface area contributed by atoms with E-state index in [0.29, 0.717) is 27.5 Å². The summed E-state index contributed by atoms with van der Waals surface area (Å²) in [6.45, 7) is 1.73. The van der Waals surface area contributed by atoms with Crippen molar-refractivity contribution in [2.75, 3.05) is 10.0 Å². The van der Waals surface area contributed by atoms with Crippen molar-refractivity contribution in [2.24, 2.45) is 0 Å². The van der Waals surface area contributed by atoms with Crippen LogP contribution < -0.4 is 10.0 Å². The molecule has 144 valence electrons. The highest BCUT2D eigenvalue weighted by Gasteiger charge is 2.16. The van der Waals surface area contributed by atoms with E-state index in [9.17, 15) is 13.2 Å². The Morgan fingerprint density at radius 1 is 0.964 bits per heavy atom. The molecule has 0 atom stereocenters. The number of hydrogen-bond donors (Lipinski definition) is 2. The molecule has 0 saturated heterocycles. The molecule has 0 unspecified atom stereocenters. The van der Waals surface area contributed by atoms with Crippen LogP contribution in [-0.2, 0) is 10.0 Å². The second-order valence-corrected chi connectivity index (χ2v) is 9.08. The molecule has 0 heterocycles. The van der Waals surface area contributed by atoms with Crippen LogP contribution in [0.15, 0.2) is 76.1 Å². The Morgan fingerprint density at radius 2 is 1.61 bits per heavy atom. The van der Waals surface area contributed by atoms with Crippen molar-refractivity contribution < 1.29 is 13.2 Å². The smallest absolute Gasteiger partial charge is 0.261 e. The fraction of sp³-hybridized carbons (Fsp3) is 0.0500. The minimum atomic E-state index is -3.74. The molecule has 2 N–H and O–H groups in total. The molecule has 0 fully saturated rings. The molecule has 0 saturated carbocycles. The summed E-state index contributed by atoms with van der Waals surface area (Å²) in [6.07, 6.45) is 0. The lowest BCUT2D eigenvalue weighted by molar-refractivity contribution is 0.102.